The van der Waals surface area contributed by atoms with Crippen molar-refractivity contribution in [2.75, 3.05) is 11.4 Å². The number of amides is 1. The molecule has 2 heterocycles. The fraction of sp³-hybridized carbons (Fsp3) is 0.300. The van der Waals surface area contributed by atoms with Gasteiger partial charge in [-0.15, -0.1) is 12.3 Å². The lowest BCUT2D eigenvalue weighted by atomic mass is 10.1. The molecule has 1 aromatic heterocycles. The normalized spacial score (nSPS) is 19.9. The molecule has 1 unspecified atom stereocenters. The quantitative estimate of drug-likeness (QED) is 0.744. The van der Waals surface area contributed by atoms with Gasteiger partial charge in [-0.2, -0.15) is 0 Å². The molecule has 0 bridgehead atoms. The van der Waals surface area contributed by atoms with Crippen LogP contribution >= 0.6 is 27.5 Å². The Hall–Kier alpha value is -1.12. The Morgan fingerprint density at radius 2 is 2.44 bits per heavy atom. The minimum absolute atomic E-state index is 0.0414. The van der Waals surface area contributed by atoms with Crippen LogP contribution in [0.2, 0.25) is 5.15 Å². The Kier molecular flexibility index (Phi) is 3.13. The molecule has 82 valence electrons. The number of carbonyl (C=O) groups excluding carboxylic acids is 1. The molecule has 0 radical (unpaired) electrons. The van der Waals surface area contributed by atoms with Crippen molar-refractivity contribution in [3.63, 3.8) is 0 Å². The van der Waals surface area contributed by atoms with Crippen LogP contribution in [-0.2, 0) is 4.79 Å². The van der Waals surface area contributed by atoms with E-state index in [-0.39, 0.29) is 17.0 Å². The Labute approximate surface area is 106 Å². The molecule has 6 heteroatoms. The number of anilines is 1. The highest BCUT2D eigenvalue weighted by Crippen LogP contribution is 2.28. The van der Waals surface area contributed by atoms with Gasteiger partial charge >= 0.3 is 0 Å². The molecular weight excluding hydrogens is 293 g/mol. The molecule has 1 aromatic rings. The summed E-state index contributed by atoms with van der Waals surface area (Å²) in [6, 6.07) is 0. The van der Waals surface area contributed by atoms with Crippen molar-refractivity contribution in [2.24, 2.45) is 5.92 Å². The number of nitrogens with zero attached hydrogens (tertiary/aromatic N) is 3. The lowest BCUT2D eigenvalue weighted by Crippen LogP contribution is -2.26. The van der Waals surface area contributed by atoms with Crippen molar-refractivity contribution in [1.82, 2.24) is 9.97 Å². The fourth-order valence-electron chi connectivity index (χ4n) is 1.55. The lowest BCUT2D eigenvalue weighted by Gasteiger charge is -2.15. The van der Waals surface area contributed by atoms with Gasteiger partial charge in [0.15, 0.2) is 10.4 Å². The SMILES string of the molecule is C#CC1CC(=O)N(c2ncc(Cl)nc2Br)C1. The van der Waals surface area contributed by atoms with E-state index in [0.29, 0.717) is 23.4 Å². The van der Waals surface area contributed by atoms with E-state index in [1.807, 2.05) is 0 Å². The van der Waals surface area contributed by atoms with Crippen molar-refractivity contribution in [3.05, 3.63) is 16.0 Å². The summed E-state index contributed by atoms with van der Waals surface area (Å²) in [7, 11) is 0. The largest absolute Gasteiger partial charge is 0.293 e. The van der Waals surface area contributed by atoms with Crippen LogP contribution in [0, 0.1) is 18.3 Å². The zero-order chi connectivity index (χ0) is 11.7. The number of terminal acetylenes is 1. The van der Waals surface area contributed by atoms with E-state index in [4.69, 9.17) is 18.0 Å². The highest BCUT2D eigenvalue weighted by Gasteiger charge is 2.31. The second kappa shape index (κ2) is 4.40. The van der Waals surface area contributed by atoms with Gasteiger partial charge in [0.1, 0.15) is 5.15 Å². The molecule has 0 spiro atoms. The van der Waals surface area contributed by atoms with Crippen LogP contribution in [0.25, 0.3) is 0 Å². The molecule has 1 fully saturated rings. The van der Waals surface area contributed by atoms with Crippen molar-refractivity contribution >= 4 is 39.3 Å². The molecule has 16 heavy (non-hydrogen) atoms. The third-order valence-electron chi connectivity index (χ3n) is 2.30. The maximum absolute atomic E-state index is 11.7. The van der Waals surface area contributed by atoms with Crippen molar-refractivity contribution in [3.8, 4) is 12.3 Å². The first-order valence-corrected chi connectivity index (χ1v) is 5.73. The second-order valence-electron chi connectivity index (χ2n) is 3.38. The first kappa shape index (κ1) is 11.4. The third kappa shape index (κ3) is 2.04. The topological polar surface area (TPSA) is 46.1 Å². The minimum atomic E-state index is -0.0584. The molecular formula is C10H7BrClN3O. The van der Waals surface area contributed by atoms with Gasteiger partial charge < -0.3 is 0 Å². The zero-order valence-electron chi connectivity index (χ0n) is 8.15. The van der Waals surface area contributed by atoms with Crippen LogP contribution in [0.1, 0.15) is 6.42 Å². The molecule has 1 aliphatic heterocycles. The minimum Gasteiger partial charge on any atom is -0.293 e. The lowest BCUT2D eigenvalue weighted by molar-refractivity contribution is -0.117. The summed E-state index contributed by atoms with van der Waals surface area (Å²) >= 11 is 8.90. The van der Waals surface area contributed by atoms with Gasteiger partial charge in [0.05, 0.1) is 6.20 Å². The fourth-order valence-corrected chi connectivity index (χ4v) is 2.29. The highest BCUT2D eigenvalue weighted by atomic mass is 79.9. The van der Waals surface area contributed by atoms with Crippen LogP contribution in [-0.4, -0.2) is 22.4 Å². The van der Waals surface area contributed by atoms with Gasteiger partial charge in [0.2, 0.25) is 5.91 Å². The van der Waals surface area contributed by atoms with Crippen molar-refractivity contribution in [1.29, 1.82) is 0 Å². The van der Waals surface area contributed by atoms with E-state index in [1.54, 1.807) is 0 Å². The molecule has 0 aromatic carbocycles. The van der Waals surface area contributed by atoms with Crippen molar-refractivity contribution < 1.29 is 4.79 Å². The van der Waals surface area contributed by atoms with Crippen LogP contribution in [0.3, 0.4) is 0 Å². The molecule has 1 saturated heterocycles. The van der Waals surface area contributed by atoms with Crippen LogP contribution < -0.4 is 4.90 Å². The summed E-state index contributed by atoms with van der Waals surface area (Å²) in [4.78, 5) is 21.3. The van der Waals surface area contributed by atoms with E-state index in [1.165, 1.54) is 11.1 Å². The second-order valence-corrected chi connectivity index (χ2v) is 4.52. The van der Waals surface area contributed by atoms with Gasteiger partial charge in [-0.25, -0.2) is 9.97 Å². The van der Waals surface area contributed by atoms with Gasteiger partial charge in [-0.1, -0.05) is 11.6 Å². The number of carbonyl (C=O) groups is 1. The van der Waals surface area contributed by atoms with Crippen LogP contribution in [0.4, 0.5) is 5.82 Å². The number of aromatic nitrogens is 2. The standard InChI is InChI=1S/C10H7BrClN3O/c1-2-6-3-8(16)15(5-6)10-9(11)14-7(12)4-13-10/h1,4,6H,3,5H2. The third-order valence-corrected chi connectivity index (χ3v) is 3.01. The van der Waals surface area contributed by atoms with E-state index >= 15 is 0 Å². The highest BCUT2D eigenvalue weighted by molar-refractivity contribution is 9.10. The maximum Gasteiger partial charge on any atom is 0.229 e. The first-order valence-electron chi connectivity index (χ1n) is 4.56. The molecule has 4 nitrogen and oxygen atoms in total. The molecule has 1 aliphatic rings. The average molecular weight is 301 g/mol. The van der Waals surface area contributed by atoms with E-state index in [9.17, 15) is 4.79 Å². The van der Waals surface area contributed by atoms with E-state index < -0.39 is 0 Å². The van der Waals surface area contributed by atoms with Crippen LogP contribution in [0.15, 0.2) is 10.8 Å². The smallest absolute Gasteiger partial charge is 0.229 e. The van der Waals surface area contributed by atoms with Gasteiger partial charge in [0, 0.05) is 18.9 Å². The predicted octanol–water partition coefficient (Wildman–Crippen LogP) is 1.88. The number of hydrogen-bond donors (Lipinski definition) is 0. The van der Waals surface area contributed by atoms with Gasteiger partial charge in [0.25, 0.3) is 0 Å². The van der Waals surface area contributed by atoms with Gasteiger partial charge in [-0.05, 0) is 15.9 Å². The number of halogens is 2. The monoisotopic (exact) mass is 299 g/mol. The summed E-state index contributed by atoms with van der Waals surface area (Å²) < 4.78 is 0.450. The number of rotatable bonds is 1. The summed E-state index contributed by atoms with van der Waals surface area (Å²) in [6.45, 7) is 0.476. The molecule has 1 atom stereocenters. The molecule has 0 N–H and O–H groups in total. The Balaban J connectivity index is 2.32. The molecule has 1 amide bonds. The summed E-state index contributed by atoms with van der Waals surface area (Å²) in [5.41, 5.74) is 0. The number of hydrogen-bond acceptors (Lipinski definition) is 3. The molecule has 0 aliphatic carbocycles. The Morgan fingerprint density at radius 1 is 1.69 bits per heavy atom. The van der Waals surface area contributed by atoms with E-state index in [2.05, 4.69) is 31.8 Å². The van der Waals surface area contributed by atoms with Gasteiger partial charge in [-0.3, -0.25) is 9.69 Å². The summed E-state index contributed by atoms with van der Waals surface area (Å²) in [5, 5.41) is 0.274. The predicted molar refractivity (Wildman–Crippen MR) is 64.0 cm³/mol. The molecule has 0 saturated carbocycles. The average Bonchev–Trinajstić information content (AvgIpc) is 2.60. The zero-order valence-corrected chi connectivity index (χ0v) is 10.5. The molecule has 2 rings (SSSR count). The summed E-state index contributed by atoms with van der Waals surface area (Å²) in [6.07, 6.45) is 7.06. The van der Waals surface area contributed by atoms with E-state index in [0.717, 1.165) is 0 Å². The van der Waals surface area contributed by atoms with Crippen molar-refractivity contribution in [2.45, 2.75) is 6.42 Å². The maximum atomic E-state index is 11.7. The van der Waals surface area contributed by atoms with Crippen LogP contribution in [0.5, 0.6) is 0 Å². The first-order chi connectivity index (χ1) is 7.61. The Bertz CT molecular complexity index is 485. The Morgan fingerprint density at radius 3 is 3.00 bits per heavy atom. The summed E-state index contributed by atoms with van der Waals surface area (Å²) in [5.74, 6) is 2.94.